The second-order valence-electron chi connectivity index (χ2n) is 3.08. The lowest BCUT2D eigenvalue weighted by atomic mass is 10.1. The van der Waals surface area contributed by atoms with Crippen LogP contribution >= 0.6 is 11.6 Å². The van der Waals surface area contributed by atoms with Crippen molar-refractivity contribution < 1.29 is 0 Å². The molecule has 4 nitrogen and oxygen atoms in total. The van der Waals surface area contributed by atoms with Gasteiger partial charge in [0.1, 0.15) is 6.33 Å². The number of rotatable bonds is 1. The molecule has 1 atom stereocenters. The van der Waals surface area contributed by atoms with Gasteiger partial charge in [-0.05, 0) is 0 Å². The molecule has 2 heterocycles. The van der Waals surface area contributed by atoms with E-state index in [2.05, 4.69) is 15.4 Å². The molecular weight excluding hydrogens is 188 g/mol. The van der Waals surface area contributed by atoms with Crippen LogP contribution in [0.15, 0.2) is 12.4 Å². The minimum Gasteiger partial charge on any atom is -0.311 e. The molecule has 5 heteroatoms. The number of nitrogens with zero attached hydrogens (tertiary/aromatic N) is 3. The van der Waals surface area contributed by atoms with Crippen molar-refractivity contribution >= 4 is 17.2 Å². The Morgan fingerprint density at radius 3 is 3.15 bits per heavy atom. The highest BCUT2D eigenvalue weighted by Gasteiger charge is 2.14. The largest absolute Gasteiger partial charge is 0.311 e. The van der Waals surface area contributed by atoms with Gasteiger partial charge in [0.25, 0.3) is 0 Å². The second kappa shape index (κ2) is 3.47. The molecule has 1 aromatic rings. The number of nitrogens with one attached hydrogen (secondary N) is 1. The Morgan fingerprint density at radius 1 is 1.69 bits per heavy atom. The molecule has 1 unspecified atom stereocenters. The summed E-state index contributed by atoms with van der Waals surface area (Å²) in [6, 6.07) is 0. The van der Waals surface area contributed by atoms with Gasteiger partial charge in [-0.2, -0.15) is 5.10 Å². The molecule has 0 saturated carbocycles. The van der Waals surface area contributed by atoms with Gasteiger partial charge in [0.2, 0.25) is 0 Å². The van der Waals surface area contributed by atoms with Crippen LogP contribution in [0.2, 0.25) is 0 Å². The fraction of sp³-hybridized carbons (Fsp3) is 0.500. The van der Waals surface area contributed by atoms with Crippen LogP contribution in [0.3, 0.4) is 0 Å². The molecule has 0 aromatic carbocycles. The molecule has 0 saturated heterocycles. The van der Waals surface area contributed by atoms with Crippen molar-refractivity contribution in [3.05, 3.63) is 18.2 Å². The number of halogens is 1. The van der Waals surface area contributed by atoms with Gasteiger partial charge < -0.3 is 5.32 Å². The molecule has 0 radical (unpaired) electrons. The molecule has 0 spiro atoms. The van der Waals surface area contributed by atoms with Gasteiger partial charge in [-0.1, -0.05) is 6.08 Å². The van der Waals surface area contributed by atoms with Crippen LogP contribution in [0.4, 0.5) is 0 Å². The molecule has 0 fully saturated rings. The average Bonchev–Trinajstić information content (AvgIpc) is 2.52. The highest BCUT2D eigenvalue weighted by Crippen LogP contribution is 2.14. The third kappa shape index (κ3) is 1.89. The van der Waals surface area contributed by atoms with Crippen molar-refractivity contribution in [1.82, 2.24) is 20.1 Å². The molecule has 2 rings (SSSR count). The van der Waals surface area contributed by atoms with E-state index in [0.717, 1.165) is 24.5 Å². The van der Waals surface area contributed by atoms with Crippen molar-refractivity contribution in [3.8, 4) is 0 Å². The standard InChI is InChI=1S/C8H11ClN4/c1-13-5-11-8(12-13)6-2-7(9)4-10-3-6/h2,5,7,10H,3-4H2,1H3. The average molecular weight is 199 g/mol. The smallest absolute Gasteiger partial charge is 0.178 e. The predicted octanol–water partition coefficient (Wildman–Crippen LogP) is 0.409. The Balaban J connectivity index is 2.25. The lowest BCUT2D eigenvalue weighted by Gasteiger charge is -2.15. The summed E-state index contributed by atoms with van der Waals surface area (Å²) in [4.78, 5) is 4.16. The molecule has 1 aromatic heterocycles. The summed E-state index contributed by atoms with van der Waals surface area (Å²) in [5, 5.41) is 7.46. The van der Waals surface area contributed by atoms with Gasteiger partial charge >= 0.3 is 0 Å². The first-order valence-corrected chi connectivity index (χ1v) is 4.61. The zero-order chi connectivity index (χ0) is 9.26. The minimum atomic E-state index is 0.0487. The summed E-state index contributed by atoms with van der Waals surface area (Å²) < 4.78 is 1.69. The first-order chi connectivity index (χ1) is 6.25. The van der Waals surface area contributed by atoms with Crippen molar-refractivity contribution in [2.75, 3.05) is 13.1 Å². The molecule has 0 bridgehead atoms. The van der Waals surface area contributed by atoms with Gasteiger partial charge in [0.15, 0.2) is 5.82 Å². The Labute approximate surface area is 81.6 Å². The summed E-state index contributed by atoms with van der Waals surface area (Å²) in [5.41, 5.74) is 1.08. The number of aromatic nitrogens is 3. The minimum absolute atomic E-state index is 0.0487. The molecule has 1 aliphatic heterocycles. The van der Waals surface area contributed by atoms with Crippen LogP contribution in [0, 0.1) is 0 Å². The fourth-order valence-electron chi connectivity index (χ4n) is 1.32. The Morgan fingerprint density at radius 2 is 2.54 bits per heavy atom. The molecule has 0 aliphatic carbocycles. The molecular formula is C8H11ClN4. The van der Waals surface area contributed by atoms with E-state index in [1.807, 2.05) is 13.1 Å². The van der Waals surface area contributed by atoms with Crippen molar-refractivity contribution in [3.63, 3.8) is 0 Å². The summed E-state index contributed by atoms with van der Waals surface area (Å²) in [6.07, 6.45) is 3.70. The SMILES string of the molecule is Cn1cnc(C2=CC(Cl)CNC2)n1. The number of aryl methyl sites for hydroxylation is 1. The maximum atomic E-state index is 5.97. The second-order valence-corrected chi connectivity index (χ2v) is 3.64. The first-order valence-electron chi connectivity index (χ1n) is 4.17. The van der Waals surface area contributed by atoms with Crippen molar-refractivity contribution in [2.24, 2.45) is 7.05 Å². The van der Waals surface area contributed by atoms with Crippen LogP contribution in [-0.4, -0.2) is 33.2 Å². The molecule has 1 N–H and O–H groups in total. The predicted molar refractivity (Wildman–Crippen MR) is 51.5 cm³/mol. The Hall–Kier alpha value is -0.870. The van der Waals surface area contributed by atoms with Crippen LogP contribution in [0.25, 0.3) is 5.57 Å². The lowest BCUT2D eigenvalue weighted by molar-refractivity contribution is 0.729. The third-order valence-electron chi connectivity index (χ3n) is 1.92. The van der Waals surface area contributed by atoms with Gasteiger partial charge in [-0.3, -0.25) is 4.68 Å². The number of hydrogen-bond donors (Lipinski definition) is 1. The Kier molecular flexibility index (Phi) is 2.33. The zero-order valence-corrected chi connectivity index (χ0v) is 8.12. The van der Waals surface area contributed by atoms with E-state index in [0.29, 0.717) is 0 Å². The third-order valence-corrected chi connectivity index (χ3v) is 2.20. The zero-order valence-electron chi connectivity index (χ0n) is 7.37. The highest BCUT2D eigenvalue weighted by atomic mass is 35.5. The van der Waals surface area contributed by atoms with Crippen molar-refractivity contribution in [1.29, 1.82) is 0 Å². The number of alkyl halides is 1. The lowest BCUT2D eigenvalue weighted by Crippen LogP contribution is -2.29. The maximum absolute atomic E-state index is 5.97. The maximum Gasteiger partial charge on any atom is 0.178 e. The quantitative estimate of drug-likeness (QED) is 0.665. The van der Waals surface area contributed by atoms with Gasteiger partial charge in [0, 0.05) is 25.7 Å². The molecule has 1 aliphatic rings. The van der Waals surface area contributed by atoms with Crippen LogP contribution in [0.5, 0.6) is 0 Å². The summed E-state index contributed by atoms with van der Waals surface area (Å²) in [6.45, 7) is 1.62. The summed E-state index contributed by atoms with van der Waals surface area (Å²) >= 11 is 5.97. The van der Waals surface area contributed by atoms with E-state index >= 15 is 0 Å². The monoisotopic (exact) mass is 198 g/mol. The van der Waals surface area contributed by atoms with Crippen LogP contribution in [-0.2, 0) is 7.05 Å². The van der Waals surface area contributed by atoms with E-state index in [1.54, 1.807) is 11.0 Å². The molecule has 13 heavy (non-hydrogen) atoms. The first kappa shape index (κ1) is 8.72. The highest BCUT2D eigenvalue weighted by molar-refractivity contribution is 6.22. The normalized spacial score (nSPS) is 22.9. The van der Waals surface area contributed by atoms with E-state index in [-0.39, 0.29) is 5.38 Å². The van der Waals surface area contributed by atoms with Crippen molar-refractivity contribution in [2.45, 2.75) is 5.38 Å². The van der Waals surface area contributed by atoms with Gasteiger partial charge in [-0.25, -0.2) is 4.98 Å². The van der Waals surface area contributed by atoms with Crippen LogP contribution < -0.4 is 5.32 Å². The van der Waals surface area contributed by atoms with Crippen LogP contribution in [0.1, 0.15) is 5.82 Å². The summed E-state index contributed by atoms with van der Waals surface area (Å²) in [7, 11) is 1.85. The van der Waals surface area contributed by atoms with E-state index in [1.165, 1.54) is 0 Å². The topological polar surface area (TPSA) is 42.7 Å². The van der Waals surface area contributed by atoms with Gasteiger partial charge in [-0.15, -0.1) is 11.6 Å². The summed E-state index contributed by atoms with van der Waals surface area (Å²) in [5.74, 6) is 0.764. The van der Waals surface area contributed by atoms with E-state index in [4.69, 9.17) is 11.6 Å². The number of hydrogen-bond acceptors (Lipinski definition) is 3. The van der Waals surface area contributed by atoms with E-state index < -0.39 is 0 Å². The Bertz CT molecular complexity index is 331. The molecule has 70 valence electrons. The fourth-order valence-corrected chi connectivity index (χ4v) is 1.58. The van der Waals surface area contributed by atoms with Gasteiger partial charge in [0.05, 0.1) is 5.38 Å². The van der Waals surface area contributed by atoms with E-state index in [9.17, 15) is 0 Å². The molecule has 0 amide bonds.